The molecule has 0 N–H and O–H groups in total. The SMILES string of the molecule is CCCCCCOC(C)c1ccc(C(=O)Oc2ccccc2OCCCCC)cc1. The predicted molar refractivity (Wildman–Crippen MR) is 121 cm³/mol. The van der Waals surface area contributed by atoms with Crippen LogP contribution in [0.25, 0.3) is 0 Å². The van der Waals surface area contributed by atoms with Gasteiger partial charge in [-0.25, -0.2) is 4.79 Å². The summed E-state index contributed by atoms with van der Waals surface area (Å²) in [5.74, 6) is 0.662. The van der Waals surface area contributed by atoms with E-state index in [2.05, 4.69) is 13.8 Å². The molecule has 0 saturated carbocycles. The zero-order valence-corrected chi connectivity index (χ0v) is 18.7. The molecule has 0 bridgehead atoms. The summed E-state index contributed by atoms with van der Waals surface area (Å²) in [6.45, 7) is 7.78. The van der Waals surface area contributed by atoms with E-state index in [-0.39, 0.29) is 12.1 Å². The summed E-state index contributed by atoms with van der Waals surface area (Å²) in [5.41, 5.74) is 1.57. The molecule has 0 aromatic heterocycles. The highest BCUT2D eigenvalue weighted by Crippen LogP contribution is 2.28. The number of unbranched alkanes of at least 4 members (excludes halogenated alkanes) is 5. The highest BCUT2D eigenvalue weighted by molar-refractivity contribution is 5.91. The Kier molecular flexibility index (Phi) is 11.0. The molecule has 0 fully saturated rings. The van der Waals surface area contributed by atoms with Crippen LogP contribution in [0.4, 0.5) is 0 Å². The second-order valence-corrected chi connectivity index (χ2v) is 7.59. The quantitative estimate of drug-likeness (QED) is 0.188. The smallest absolute Gasteiger partial charge is 0.343 e. The lowest BCUT2D eigenvalue weighted by atomic mass is 10.1. The van der Waals surface area contributed by atoms with Gasteiger partial charge in [0.2, 0.25) is 0 Å². The first-order valence-corrected chi connectivity index (χ1v) is 11.3. The predicted octanol–water partition coefficient (Wildman–Crippen LogP) is 7.13. The van der Waals surface area contributed by atoms with Crippen molar-refractivity contribution >= 4 is 5.97 Å². The molecule has 1 unspecified atom stereocenters. The van der Waals surface area contributed by atoms with Crippen LogP contribution in [0, 0.1) is 0 Å². The molecule has 0 radical (unpaired) electrons. The lowest BCUT2D eigenvalue weighted by Gasteiger charge is -2.14. The van der Waals surface area contributed by atoms with Crippen LogP contribution in [0.15, 0.2) is 48.5 Å². The van der Waals surface area contributed by atoms with Gasteiger partial charge in [-0.3, -0.25) is 0 Å². The van der Waals surface area contributed by atoms with E-state index in [0.29, 0.717) is 23.7 Å². The van der Waals surface area contributed by atoms with E-state index < -0.39 is 0 Å². The van der Waals surface area contributed by atoms with Crippen molar-refractivity contribution in [3.63, 3.8) is 0 Å². The van der Waals surface area contributed by atoms with Gasteiger partial charge in [-0.2, -0.15) is 0 Å². The maximum atomic E-state index is 12.6. The zero-order chi connectivity index (χ0) is 21.6. The fraction of sp³-hybridized carbons (Fsp3) is 0.500. The van der Waals surface area contributed by atoms with Crippen LogP contribution < -0.4 is 9.47 Å². The first-order chi connectivity index (χ1) is 14.7. The van der Waals surface area contributed by atoms with Crippen molar-refractivity contribution < 1.29 is 19.0 Å². The second-order valence-electron chi connectivity index (χ2n) is 7.59. The van der Waals surface area contributed by atoms with Crippen molar-refractivity contribution in [2.75, 3.05) is 13.2 Å². The number of hydrogen-bond donors (Lipinski definition) is 0. The first-order valence-electron chi connectivity index (χ1n) is 11.3. The van der Waals surface area contributed by atoms with Gasteiger partial charge >= 0.3 is 5.97 Å². The monoisotopic (exact) mass is 412 g/mol. The van der Waals surface area contributed by atoms with Crippen LogP contribution in [-0.2, 0) is 4.74 Å². The minimum Gasteiger partial charge on any atom is -0.490 e. The minimum absolute atomic E-state index is 0.00828. The third kappa shape index (κ3) is 8.19. The highest BCUT2D eigenvalue weighted by Gasteiger charge is 2.13. The van der Waals surface area contributed by atoms with Crippen molar-refractivity contribution in [1.29, 1.82) is 0 Å². The second kappa shape index (κ2) is 13.8. The maximum Gasteiger partial charge on any atom is 0.343 e. The van der Waals surface area contributed by atoms with Crippen molar-refractivity contribution in [2.45, 2.75) is 71.8 Å². The van der Waals surface area contributed by atoms with Crippen LogP contribution in [0.1, 0.15) is 87.7 Å². The van der Waals surface area contributed by atoms with E-state index in [4.69, 9.17) is 14.2 Å². The Bertz CT molecular complexity index is 739. The van der Waals surface area contributed by atoms with Crippen molar-refractivity contribution in [2.24, 2.45) is 0 Å². The van der Waals surface area contributed by atoms with Crippen LogP contribution in [0.2, 0.25) is 0 Å². The molecule has 0 spiro atoms. The topological polar surface area (TPSA) is 44.8 Å². The Hall–Kier alpha value is -2.33. The van der Waals surface area contributed by atoms with Crippen molar-refractivity contribution in [3.8, 4) is 11.5 Å². The van der Waals surface area contributed by atoms with E-state index in [1.807, 2.05) is 37.3 Å². The fourth-order valence-electron chi connectivity index (χ4n) is 3.12. The molecule has 4 nitrogen and oxygen atoms in total. The van der Waals surface area contributed by atoms with Gasteiger partial charge in [-0.15, -0.1) is 0 Å². The fourth-order valence-corrected chi connectivity index (χ4v) is 3.12. The van der Waals surface area contributed by atoms with Gasteiger partial charge in [-0.05, 0) is 49.6 Å². The van der Waals surface area contributed by atoms with Gasteiger partial charge in [0.05, 0.1) is 18.3 Å². The molecular weight excluding hydrogens is 376 g/mol. The van der Waals surface area contributed by atoms with E-state index in [0.717, 1.165) is 37.9 Å². The molecule has 0 saturated heterocycles. The number of esters is 1. The summed E-state index contributed by atoms with van der Waals surface area (Å²) < 4.78 is 17.3. The van der Waals surface area contributed by atoms with Crippen molar-refractivity contribution in [3.05, 3.63) is 59.7 Å². The number of rotatable bonds is 14. The van der Waals surface area contributed by atoms with Gasteiger partial charge < -0.3 is 14.2 Å². The van der Waals surface area contributed by atoms with E-state index >= 15 is 0 Å². The summed E-state index contributed by atoms with van der Waals surface area (Å²) >= 11 is 0. The molecule has 30 heavy (non-hydrogen) atoms. The molecule has 0 aliphatic carbocycles. The largest absolute Gasteiger partial charge is 0.490 e. The number of benzene rings is 2. The summed E-state index contributed by atoms with van der Waals surface area (Å²) in [6, 6.07) is 14.8. The van der Waals surface area contributed by atoms with Gasteiger partial charge in [0, 0.05) is 6.61 Å². The van der Waals surface area contributed by atoms with E-state index in [1.54, 1.807) is 18.2 Å². The summed E-state index contributed by atoms with van der Waals surface area (Å²) in [6.07, 6.45) is 8.02. The first kappa shape index (κ1) is 23.9. The highest BCUT2D eigenvalue weighted by atomic mass is 16.6. The van der Waals surface area contributed by atoms with Crippen LogP contribution >= 0.6 is 0 Å². The molecule has 0 heterocycles. The number of para-hydroxylation sites is 2. The number of carbonyl (C=O) groups is 1. The Morgan fingerprint density at radius 3 is 2.13 bits per heavy atom. The van der Waals surface area contributed by atoms with E-state index in [1.165, 1.54) is 19.3 Å². The van der Waals surface area contributed by atoms with Gasteiger partial charge in [-0.1, -0.05) is 70.2 Å². The summed E-state index contributed by atoms with van der Waals surface area (Å²) in [5, 5.41) is 0. The molecule has 0 aliphatic heterocycles. The third-order valence-corrected chi connectivity index (χ3v) is 5.04. The molecule has 4 heteroatoms. The van der Waals surface area contributed by atoms with Crippen LogP contribution in [-0.4, -0.2) is 19.2 Å². The number of ether oxygens (including phenoxy) is 3. The molecule has 0 aliphatic rings. The van der Waals surface area contributed by atoms with E-state index in [9.17, 15) is 4.79 Å². The lowest BCUT2D eigenvalue weighted by Crippen LogP contribution is -2.10. The lowest BCUT2D eigenvalue weighted by molar-refractivity contribution is 0.0626. The molecule has 0 amide bonds. The minimum atomic E-state index is -0.390. The van der Waals surface area contributed by atoms with Crippen LogP contribution in [0.3, 0.4) is 0 Å². The molecule has 2 aromatic rings. The average Bonchev–Trinajstić information content (AvgIpc) is 2.77. The molecule has 2 aromatic carbocycles. The summed E-state index contributed by atoms with van der Waals surface area (Å²) in [7, 11) is 0. The Morgan fingerprint density at radius 2 is 1.43 bits per heavy atom. The van der Waals surface area contributed by atoms with Crippen molar-refractivity contribution in [1.82, 2.24) is 0 Å². The Labute approximate surface area is 181 Å². The van der Waals surface area contributed by atoms with Gasteiger partial charge in [0.25, 0.3) is 0 Å². The third-order valence-electron chi connectivity index (χ3n) is 5.04. The Morgan fingerprint density at radius 1 is 0.800 bits per heavy atom. The molecule has 164 valence electrons. The number of carbonyl (C=O) groups excluding carboxylic acids is 1. The zero-order valence-electron chi connectivity index (χ0n) is 18.7. The van der Waals surface area contributed by atoms with Crippen LogP contribution in [0.5, 0.6) is 11.5 Å². The summed E-state index contributed by atoms with van der Waals surface area (Å²) in [4.78, 5) is 12.6. The van der Waals surface area contributed by atoms with Gasteiger partial charge in [0.1, 0.15) is 0 Å². The molecular formula is C26H36O4. The standard InChI is InChI=1S/C26H36O4/c1-4-6-8-12-19-28-21(3)22-15-17-23(18-16-22)26(27)30-25-14-10-9-13-24(25)29-20-11-7-5-2/h9-10,13-18,21H,4-8,11-12,19-20H2,1-3H3. The average molecular weight is 413 g/mol. The number of hydrogen-bond acceptors (Lipinski definition) is 4. The van der Waals surface area contributed by atoms with Gasteiger partial charge in [0.15, 0.2) is 11.5 Å². The molecule has 1 atom stereocenters. The Balaban J connectivity index is 1.89. The normalized spacial score (nSPS) is 11.8. The molecule has 2 rings (SSSR count). The maximum absolute atomic E-state index is 12.6.